The molecule has 1 saturated heterocycles. The zero-order chi connectivity index (χ0) is 15.1. The molecule has 1 amide bonds. The van der Waals surface area contributed by atoms with Crippen LogP contribution in [0.1, 0.15) is 28.8 Å². The van der Waals surface area contributed by atoms with Crippen LogP contribution in [-0.2, 0) is 9.47 Å². The summed E-state index contributed by atoms with van der Waals surface area (Å²) in [5, 5.41) is 0. The smallest absolute Gasteiger partial charge is 0.253 e. The van der Waals surface area contributed by atoms with Crippen molar-refractivity contribution in [3.63, 3.8) is 0 Å². The number of aryl methyl sites for hydroxylation is 1. The maximum atomic E-state index is 12.4. The molecule has 0 spiro atoms. The van der Waals surface area contributed by atoms with E-state index >= 15 is 0 Å². The van der Waals surface area contributed by atoms with Crippen LogP contribution in [-0.4, -0.2) is 50.8 Å². The van der Waals surface area contributed by atoms with Gasteiger partial charge in [-0.05, 0) is 37.8 Å². The van der Waals surface area contributed by atoms with E-state index in [0.717, 1.165) is 38.1 Å². The summed E-state index contributed by atoms with van der Waals surface area (Å²) in [6.07, 6.45) is 2.04. The number of methoxy groups -OCH3 is 1. The number of piperidine rings is 1. The molecule has 0 saturated carbocycles. The van der Waals surface area contributed by atoms with Gasteiger partial charge in [0.1, 0.15) is 0 Å². The van der Waals surface area contributed by atoms with Gasteiger partial charge in [-0.25, -0.2) is 0 Å². The third-order valence-electron chi connectivity index (χ3n) is 3.99. The quantitative estimate of drug-likeness (QED) is 0.756. The maximum absolute atomic E-state index is 12.4. The summed E-state index contributed by atoms with van der Waals surface area (Å²) in [5.74, 6) is 0.706. The number of ether oxygens (including phenoxy) is 2. The molecule has 1 aliphatic heterocycles. The Kier molecular flexibility index (Phi) is 6.21. The fraction of sp³-hybridized carbons (Fsp3) is 0.588. The van der Waals surface area contributed by atoms with Gasteiger partial charge in [0, 0.05) is 32.4 Å². The number of carbonyl (C=O) groups is 1. The van der Waals surface area contributed by atoms with Gasteiger partial charge in [-0.1, -0.05) is 17.7 Å². The van der Waals surface area contributed by atoms with Crippen molar-refractivity contribution in [2.45, 2.75) is 19.8 Å². The summed E-state index contributed by atoms with van der Waals surface area (Å²) in [6.45, 7) is 5.75. The van der Waals surface area contributed by atoms with Gasteiger partial charge >= 0.3 is 0 Å². The summed E-state index contributed by atoms with van der Waals surface area (Å²) in [5.41, 5.74) is 1.97. The van der Waals surface area contributed by atoms with Crippen molar-refractivity contribution in [1.29, 1.82) is 0 Å². The van der Waals surface area contributed by atoms with Gasteiger partial charge in [0.15, 0.2) is 0 Å². The lowest BCUT2D eigenvalue weighted by Gasteiger charge is -2.32. The van der Waals surface area contributed by atoms with Gasteiger partial charge in [-0.15, -0.1) is 0 Å². The normalized spacial score (nSPS) is 16.2. The zero-order valence-corrected chi connectivity index (χ0v) is 13.0. The van der Waals surface area contributed by atoms with Crippen molar-refractivity contribution < 1.29 is 14.3 Å². The Labute approximate surface area is 127 Å². The molecule has 4 nitrogen and oxygen atoms in total. The molecule has 1 aliphatic rings. The molecule has 0 N–H and O–H groups in total. The molecule has 21 heavy (non-hydrogen) atoms. The lowest BCUT2D eigenvalue weighted by molar-refractivity contribution is 0.0327. The van der Waals surface area contributed by atoms with Crippen LogP contribution < -0.4 is 0 Å². The Morgan fingerprint density at radius 3 is 2.48 bits per heavy atom. The highest BCUT2D eigenvalue weighted by atomic mass is 16.5. The van der Waals surface area contributed by atoms with Gasteiger partial charge in [-0.2, -0.15) is 0 Å². The first-order valence-electron chi connectivity index (χ1n) is 7.63. The molecule has 0 aliphatic carbocycles. The molecule has 0 radical (unpaired) electrons. The number of likely N-dealkylation sites (tertiary alicyclic amines) is 1. The number of carbonyl (C=O) groups excluding carboxylic acids is 1. The Morgan fingerprint density at radius 2 is 1.86 bits per heavy atom. The fourth-order valence-electron chi connectivity index (χ4n) is 2.57. The van der Waals surface area contributed by atoms with Crippen LogP contribution in [0.2, 0.25) is 0 Å². The number of benzene rings is 1. The van der Waals surface area contributed by atoms with Gasteiger partial charge in [0.05, 0.1) is 13.2 Å². The lowest BCUT2D eigenvalue weighted by Crippen LogP contribution is -2.39. The SMILES string of the molecule is COCCOCC1CCN(C(=O)c2ccc(C)cc2)CC1. The molecule has 0 unspecified atom stereocenters. The first-order valence-corrected chi connectivity index (χ1v) is 7.63. The first-order chi connectivity index (χ1) is 10.2. The minimum atomic E-state index is 0.147. The molecule has 2 rings (SSSR count). The molecule has 4 heteroatoms. The molecule has 1 fully saturated rings. The molecule has 1 heterocycles. The number of rotatable bonds is 6. The standard InChI is InChI=1S/C17H25NO3/c1-14-3-5-16(6-4-14)17(19)18-9-7-15(8-10-18)13-21-12-11-20-2/h3-6,15H,7-13H2,1-2H3. The maximum Gasteiger partial charge on any atom is 0.253 e. The van der Waals surface area contributed by atoms with Crippen LogP contribution in [0.15, 0.2) is 24.3 Å². The number of hydrogen-bond donors (Lipinski definition) is 0. The molecule has 1 aromatic carbocycles. The molecule has 0 aromatic heterocycles. The first kappa shape index (κ1) is 16.0. The van der Waals surface area contributed by atoms with Crippen LogP contribution in [0.5, 0.6) is 0 Å². The number of amides is 1. The third-order valence-corrected chi connectivity index (χ3v) is 3.99. The summed E-state index contributed by atoms with van der Waals surface area (Å²) >= 11 is 0. The second kappa shape index (κ2) is 8.15. The van der Waals surface area contributed by atoms with Crippen molar-refractivity contribution in [1.82, 2.24) is 4.90 Å². The molecular weight excluding hydrogens is 266 g/mol. The van der Waals surface area contributed by atoms with E-state index < -0.39 is 0 Å². The minimum absolute atomic E-state index is 0.147. The average Bonchev–Trinajstić information content (AvgIpc) is 2.52. The predicted molar refractivity (Wildman–Crippen MR) is 82.5 cm³/mol. The highest BCUT2D eigenvalue weighted by Gasteiger charge is 2.23. The Hall–Kier alpha value is -1.39. The van der Waals surface area contributed by atoms with Crippen LogP contribution in [0.3, 0.4) is 0 Å². The minimum Gasteiger partial charge on any atom is -0.382 e. The van der Waals surface area contributed by atoms with Crippen LogP contribution in [0.25, 0.3) is 0 Å². The molecular formula is C17H25NO3. The number of hydrogen-bond acceptors (Lipinski definition) is 3. The van der Waals surface area contributed by atoms with E-state index in [2.05, 4.69) is 0 Å². The Morgan fingerprint density at radius 1 is 1.19 bits per heavy atom. The third kappa shape index (κ3) is 4.83. The van der Waals surface area contributed by atoms with Crippen molar-refractivity contribution in [2.75, 3.05) is 40.0 Å². The highest BCUT2D eigenvalue weighted by molar-refractivity contribution is 5.94. The van der Waals surface area contributed by atoms with Crippen LogP contribution in [0.4, 0.5) is 0 Å². The average molecular weight is 291 g/mol. The van der Waals surface area contributed by atoms with E-state index in [4.69, 9.17) is 9.47 Å². The number of nitrogens with zero attached hydrogens (tertiary/aromatic N) is 1. The molecule has 0 bridgehead atoms. The largest absolute Gasteiger partial charge is 0.382 e. The van der Waals surface area contributed by atoms with E-state index in [-0.39, 0.29) is 5.91 Å². The lowest BCUT2D eigenvalue weighted by atomic mass is 9.97. The van der Waals surface area contributed by atoms with Crippen LogP contribution >= 0.6 is 0 Å². The van der Waals surface area contributed by atoms with E-state index in [9.17, 15) is 4.79 Å². The van der Waals surface area contributed by atoms with Gasteiger partial charge in [0.25, 0.3) is 5.91 Å². The monoisotopic (exact) mass is 291 g/mol. The van der Waals surface area contributed by atoms with Crippen molar-refractivity contribution in [2.24, 2.45) is 5.92 Å². The Bertz CT molecular complexity index is 436. The van der Waals surface area contributed by atoms with E-state index in [0.29, 0.717) is 19.1 Å². The van der Waals surface area contributed by atoms with E-state index in [1.165, 1.54) is 5.56 Å². The molecule has 116 valence electrons. The van der Waals surface area contributed by atoms with Crippen LogP contribution in [0, 0.1) is 12.8 Å². The predicted octanol–water partition coefficient (Wildman–Crippen LogP) is 2.51. The fourth-order valence-corrected chi connectivity index (χ4v) is 2.57. The van der Waals surface area contributed by atoms with Gasteiger partial charge in [-0.3, -0.25) is 4.79 Å². The summed E-state index contributed by atoms with van der Waals surface area (Å²) < 4.78 is 10.5. The second-order valence-electron chi connectivity index (χ2n) is 5.67. The van der Waals surface area contributed by atoms with E-state index in [1.807, 2.05) is 36.1 Å². The summed E-state index contributed by atoms with van der Waals surface area (Å²) in [6, 6.07) is 7.81. The van der Waals surface area contributed by atoms with Crippen molar-refractivity contribution in [3.8, 4) is 0 Å². The van der Waals surface area contributed by atoms with Gasteiger partial charge < -0.3 is 14.4 Å². The van der Waals surface area contributed by atoms with Crippen molar-refractivity contribution in [3.05, 3.63) is 35.4 Å². The highest BCUT2D eigenvalue weighted by Crippen LogP contribution is 2.19. The topological polar surface area (TPSA) is 38.8 Å². The van der Waals surface area contributed by atoms with Gasteiger partial charge in [0.2, 0.25) is 0 Å². The molecule has 0 atom stereocenters. The summed E-state index contributed by atoms with van der Waals surface area (Å²) in [4.78, 5) is 14.3. The summed E-state index contributed by atoms with van der Waals surface area (Å²) in [7, 11) is 1.68. The van der Waals surface area contributed by atoms with Crippen molar-refractivity contribution >= 4 is 5.91 Å². The zero-order valence-electron chi connectivity index (χ0n) is 13.0. The Balaban J connectivity index is 1.75. The second-order valence-corrected chi connectivity index (χ2v) is 5.67. The van der Waals surface area contributed by atoms with E-state index in [1.54, 1.807) is 7.11 Å². The molecule has 1 aromatic rings.